The molecule has 1 aromatic heterocycles. The van der Waals surface area contributed by atoms with E-state index in [0.717, 1.165) is 11.4 Å². The fraction of sp³-hybridized carbons (Fsp3) is 0.333. The van der Waals surface area contributed by atoms with Gasteiger partial charge in [0.25, 0.3) is 0 Å². The molecular weight excluding hydrogens is 348 g/mol. The van der Waals surface area contributed by atoms with Crippen molar-refractivity contribution in [1.29, 1.82) is 0 Å². The summed E-state index contributed by atoms with van der Waals surface area (Å²) in [6.07, 6.45) is -0.541. The number of amides is 2. The van der Waals surface area contributed by atoms with E-state index in [1.165, 1.54) is 14.2 Å². The van der Waals surface area contributed by atoms with Crippen molar-refractivity contribution in [3.63, 3.8) is 0 Å². The van der Waals surface area contributed by atoms with Gasteiger partial charge in [0.05, 0.1) is 6.54 Å². The third-order valence-corrected chi connectivity index (χ3v) is 3.40. The Hall–Kier alpha value is -3.04. The number of aliphatic imine (C=N–C) groups is 1. The summed E-state index contributed by atoms with van der Waals surface area (Å²) in [6, 6.07) is 10.5. The summed E-state index contributed by atoms with van der Waals surface area (Å²) in [5.74, 6) is 0.505. The van der Waals surface area contributed by atoms with Crippen LogP contribution in [0.4, 0.5) is 16.4 Å². The Kier molecular flexibility index (Phi) is 7.65. The first-order valence-electron chi connectivity index (χ1n) is 8.32. The minimum atomic E-state index is -0.541. The molecule has 2 rings (SSSR count). The molecule has 2 aromatic rings. The van der Waals surface area contributed by atoms with Crippen LogP contribution in [0.2, 0.25) is 0 Å². The molecule has 9 heteroatoms. The van der Waals surface area contributed by atoms with Crippen LogP contribution in [0.1, 0.15) is 11.4 Å². The molecule has 0 unspecified atom stereocenters. The van der Waals surface area contributed by atoms with Gasteiger partial charge in [-0.15, -0.1) is 0 Å². The number of aryl methyl sites for hydroxylation is 2. The molecule has 0 spiro atoms. The fourth-order valence-corrected chi connectivity index (χ4v) is 2.20. The monoisotopic (exact) mass is 372 g/mol. The Labute approximate surface area is 158 Å². The van der Waals surface area contributed by atoms with Crippen LogP contribution >= 0.6 is 0 Å². The highest BCUT2D eigenvalue weighted by atomic mass is 16.7. The second-order valence-corrected chi connectivity index (χ2v) is 5.63. The Balaban J connectivity index is 2.13. The SMILES string of the molecule is COC(CN=C(NC(=O)Nc1ccccc1)Nc1nc(C)cc(C)n1)OC. The van der Waals surface area contributed by atoms with Gasteiger partial charge in [-0.25, -0.2) is 19.8 Å². The normalized spacial score (nSPS) is 11.4. The number of benzene rings is 1. The summed E-state index contributed by atoms with van der Waals surface area (Å²) in [5.41, 5.74) is 2.25. The molecule has 0 atom stereocenters. The molecule has 27 heavy (non-hydrogen) atoms. The van der Waals surface area contributed by atoms with E-state index in [2.05, 4.69) is 30.9 Å². The first kappa shape index (κ1) is 20.3. The van der Waals surface area contributed by atoms with Crippen LogP contribution in [-0.4, -0.2) is 49.0 Å². The van der Waals surface area contributed by atoms with E-state index >= 15 is 0 Å². The highest BCUT2D eigenvalue weighted by molar-refractivity contribution is 6.06. The number of hydrogen-bond acceptors (Lipinski definition) is 6. The summed E-state index contributed by atoms with van der Waals surface area (Å²) < 4.78 is 10.2. The summed E-state index contributed by atoms with van der Waals surface area (Å²) in [7, 11) is 3.03. The van der Waals surface area contributed by atoms with E-state index in [4.69, 9.17) is 9.47 Å². The van der Waals surface area contributed by atoms with Crippen LogP contribution < -0.4 is 16.0 Å². The van der Waals surface area contributed by atoms with Crippen molar-refractivity contribution in [2.75, 3.05) is 31.4 Å². The number of rotatable bonds is 6. The number of carbonyl (C=O) groups excluding carboxylic acids is 1. The zero-order valence-corrected chi connectivity index (χ0v) is 15.8. The minimum absolute atomic E-state index is 0.172. The maximum absolute atomic E-state index is 12.3. The number of aromatic nitrogens is 2. The van der Waals surface area contributed by atoms with Gasteiger partial charge in [-0.3, -0.25) is 10.6 Å². The van der Waals surface area contributed by atoms with Crippen LogP contribution in [0.5, 0.6) is 0 Å². The van der Waals surface area contributed by atoms with Crippen LogP contribution in [0, 0.1) is 13.8 Å². The molecule has 9 nitrogen and oxygen atoms in total. The van der Waals surface area contributed by atoms with Gasteiger partial charge < -0.3 is 14.8 Å². The molecule has 0 bridgehead atoms. The summed E-state index contributed by atoms with van der Waals surface area (Å²) in [6.45, 7) is 3.89. The molecule has 3 N–H and O–H groups in total. The molecule has 0 saturated carbocycles. The molecule has 2 amide bonds. The zero-order valence-electron chi connectivity index (χ0n) is 15.8. The van der Waals surface area contributed by atoms with Gasteiger partial charge in [0.2, 0.25) is 11.9 Å². The Morgan fingerprint density at radius 3 is 2.30 bits per heavy atom. The van der Waals surface area contributed by atoms with Crippen LogP contribution in [0.3, 0.4) is 0 Å². The predicted molar refractivity (Wildman–Crippen MR) is 104 cm³/mol. The first-order chi connectivity index (χ1) is 13.0. The zero-order chi connectivity index (χ0) is 19.6. The van der Waals surface area contributed by atoms with Crippen LogP contribution in [0.25, 0.3) is 0 Å². The lowest BCUT2D eigenvalue weighted by Gasteiger charge is -2.14. The number of hydrogen-bond donors (Lipinski definition) is 3. The lowest BCUT2D eigenvalue weighted by Crippen LogP contribution is -2.40. The Bertz CT molecular complexity index is 758. The lowest BCUT2D eigenvalue weighted by molar-refractivity contribution is -0.0937. The van der Waals surface area contributed by atoms with Gasteiger partial charge in [-0.1, -0.05) is 18.2 Å². The first-order valence-corrected chi connectivity index (χ1v) is 8.32. The smallest absolute Gasteiger partial charge is 0.326 e. The third-order valence-electron chi connectivity index (χ3n) is 3.40. The summed E-state index contributed by atoms with van der Waals surface area (Å²) in [4.78, 5) is 25.2. The van der Waals surface area contributed by atoms with E-state index < -0.39 is 12.3 Å². The lowest BCUT2D eigenvalue weighted by atomic mass is 10.3. The van der Waals surface area contributed by atoms with E-state index in [1.54, 1.807) is 12.1 Å². The summed E-state index contributed by atoms with van der Waals surface area (Å²) in [5, 5.41) is 8.30. The molecule has 144 valence electrons. The van der Waals surface area contributed by atoms with Crippen LogP contribution in [0.15, 0.2) is 41.4 Å². The highest BCUT2D eigenvalue weighted by Crippen LogP contribution is 2.06. The Morgan fingerprint density at radius 2 is 1.70 bits per heavy atom. The average Bonchev–Trinajstić information content (AvgIpc) is 2.62. The number of urea groups is 1. The highest BCUT2D eigenvalue weighted by Gasteiger charge is 2.11. The quantitative estimate of drug-likeness (QED) is 0.408. The number of anilines is 2. The molecule has 0 radical (unpaired) electrons. The minimum Gasteiger partial charge on any atom is -0.354 e. The molecule has 1 aromatic carbocycles. The number of methoxy groups -OCH3 is 2. The van der Waals surface area contributed by atoms with Crippen molar-refractivity contribution < 1.29 is 14.3 Å². The summed E-state index contributed by atoms with van der Waals surface area (Å²) >= 11 is 0. The molecular formula is C18H24N6O3. The van der Waals surface area contributed by atoms with E-state index in [-0.39, 0.29) is 12.5 Å². The molecule has 0 saturated heterocycles. The van der Waals surface area contributed by atoms with Crippen molar-refractivity contribution in [3.8, 4) is 0 Å². The number of carbonyl (C=O) groups is 1. The van der Waals surface area contributed by atoms with E-state index in [1.807, 2.05) is 38.1 Å². The maximum atomic E-state index is 12.3. The number of nitrogens with zero attached hydrogens (tertiary/aromatic N) is 3. The van der Waals surface area contributed by atoms with Crippen molar-refractivity contribution in [2.45, 2.75) is 20.1 Å². The van der Waals surface area contributed by atoms with E-state index in [0.29, 0.717) is 11.6 Å². The van der Waals surface area contributed by atoms with Crippen molar-refractivity contribution in [3.05, 3.63) is 47.8 Å². The number of nitrogens with one attached hydrogen (secondary N) is 3. The number of para-hydroxylation sites is 1. The topological polar surface area (TPSA) is 110 Å². The predicted octanol–water partition coefficient (Wildman–Crippen LogP) is 2.30. The Morgan fingerprint density at radius 1 is 1.07 bits per heavy atom. The second kappa shape index (κ2) is 10.2. The van der Waals surface area contributed by atoms with Gasteiger partial charge in [0.15, 0.2) is 6.29 Å². The number of guanidine groups is 1. The second-order valence-electron chi connectivity index (χ2n) is 5.63. The molecule has 1 heterocycles. The van der Waals surface area contributed by atoms with Gasteiger partial charge in [0, 0.05) is 31.3 Å². The molecule has 0 fully saturated rings. The van der Waals surface area contributed by atoms with Crippen molar-refractivity contribution >= 4 is 23.6 Å². The van der Waals surface area contributed by atoms with Crippen LogP contribution in [-0.2, 0) is 9.47 Å². The average molecular weight is 372 g/mol. The number of ether oxygens (including phenoxy) is 2. The largest absolute Gasteiger partial charge is 0.354 e. The molecule has 0 aliphatic heterocycles. The van der Waals surface area contributed by atoms with Gasteiger partial charge in [0.1, 0.15) is 0 Å². The fourth-order valence-electron chi connectivity index (χ4n) is 2.20. The standard InChI is InChI=1S/C18H24N6O3/c1-12-10-13(2)21-17(20-12)23-16(19-11-15(26-3)27-4)24-18(25)22-14-8-6-5-7-9-14/h5-10,15H,11H2,1-4H3,(H3,19,20,21,22,23,24,25). The third kappa shape index (κ3) is 7.00. The molecule has 0 aliphatic carbocycles. The van der Waals surface area contributed by atoms with Gasteiger partial charge in [-0.05, 0) is 32.0 Å². The molecule has 0 aliphatic rings. The van der Waals surface area contributed by atoms with Gasteiger partial charge in [-0.2, -0.15) is 0 Å². The van der Waals surface area contributed by atoms with Crippen molar-refractivity contribution in [1.82, 2.24) is 15.3 Å². The maximum Gasteiger partial charge on any atom is 0.326 e. The van der Waals surface area contributed by atoms with Crippen molar-refractivity contribution in [2.24, 2.45) is 4.99 Å². The van der Waals surface area contributed by atoms with E-state index in [9.17, 15) is 4.79 Å². The van der Waals surface area contributed by atoms with Gasteiger partial charge >= 0.3 is 6.03 Å².